The summed E-state index contributed by atoms with van der Waals surface area (Å²) >= 11 is 0. The van der Waals surface area contributed by atoms with Crippen LogP contribution in [0.25, 0.3) is 11.5 Å². The molecule has 0 radical (unpaired) electrons. The third kappa shape index (κ3) is 4.60. The summed E-state index contributed by atoms with van der Waals surface area (Å²) in [7, 11) is 0. The van der Waals surface area contributed by atoms with E-state index in [-0.39, 0.29) is 6.03 Å². The third-order valence-corrected chi connectivity index (χ3v) is 3.67. The SMILES string of the molecule is CCOc1ccc(NC(=O)NCCn2ccnc2-c2ccccn2)cc1. The predicted octanol–water partition coefficient (Wildman–Crippen LogP) is 3.17. The summed E-state index contributed by atoms with van der Waals surface area (Å²) in [6, 6.07) is 12.7. The summed E-state index contributed by atoms with van der Waals surface area (Å²) in [6.07, 6.45) is 5.33. The number of amides is 2. The number of anilines is 1. The molecule has 0 spiro atoms. The minimum absolute atomic E-state index is 0.256. The standard InChI is InChI=1S/C19H21N5O2/c1-2-26-16-8-6-15(7-9-16)23-19(25)22-12-14-24-13-11-21-18(24)17-5-3-4-10-20-17/h3-11,13H,2,12,14H2,1H3,(H2,22,23,25). The van der Waals surface area contributed by atoms with Crippen molar-refractivity contribution in [3.05, 3.63) is 61.1 Å². The fourth-order valence-corrected chi connectivity index (χ4v) is 2.48. The second-order valence-corrected chi connectivity index (χ2v) is 5.50. The molecule has 7 heteroatoms. The Morgan fingerprint density at radius 1 is 1.12 bits per heavy atom. The van der Waals surface area contributed by atoms with Crippen molar-refractivity contribution in [2.24, 2.45) is 0 Å². The van der Waals surface area contributed by atoms with Crippen molar-refractivity contribution in [1.29, 1.82) is 0 Å². The van der Waals surface area contributed by atoms with Gasteiger partial charge in [0, 0.05) is 37.4 Å². The number of nitrogens with zero attached hydrogens (tertiary/aromatic N) is 3. The molecule has 2 amide bonds. The van der Waals surface area contributed by atoms with Crippen LogP contribution in [0.2, 0.25) is 0 Å². The maximum Gasteiger partial charge on any atom is 0.319 e. The Balaban J connectivity index is 1.49. The zero-order chi connectivity index (χ0) is 18.2. The summed E-state index contributed by atoms with van der Waals surface area (Å²) < 4.78 is 7.34. The average Bonchev–Trinajstić information content (AvgIpc) is 3.13. The van der Waals surface area contributed by atoms with Crippen LogP contribution in [0.3, 0.4) is 0 Å². The molecule has 0 bridgehead atoms. The van der Waals surface area contributed by atoms with Crippen molar-refractivity contribution in [1.82, 2.24) is 19.9 Å². The summed E-state index contributed by atoms with van der Waals surface area (Å²) in [5.74, 6) is 1.56. The number of benzene rings is 1. The molecule has 2 aromatic heterocycles. The topological polar surface area (TPSA) is 81.1 Å². The monoisotopic (exact) mass is 351 g/mol. The van der Waals surface area contributed by atoms with Gasteiger partial charge >= 0.3 is 6.03 Å². The largest absolute Gasteiger partial charge is 0.494 e. The Kier molecular flexibility index (Phi) is 5.82. The number of urea groups is 1. The lowest BCUT2D eigenvalue weighted by Gasteiger charge is -2.10. The van der Waals surface area contributed by atoms with E-state index >= 15 is 0 Å². The third-order valence-electron chi connectivity index (χ3n) is 3.67. The highest BCUT2D eigenvalue weighted by molar-refractivity contribution is 5.89. The maximum absolute atomic E-state index is 12.0. The second kappa shape index (κ2) is 8.66. The Labute approximate surface area is 152 Å². The molecule has 0 saturated carbocycles. The molecule has 3 aromatic rings. The van der Waals surface area contributed by atoms with E-state index in [9.17, 15) is 4.79 Å². The van der Waals surface area contributed by atoms with E-state index in [0.29, 0.717) is 25.4 Å². The Morgan fingerprint density at radius 2 is 1.96 bits per heavy atom. The normalized spacial score (nSPS) is 10.3. The summed E-state index contributed by atoms with van der Waals surface area (Å²) in [6.45, 7) is 3.61. The van der Waals surface area contributed by atoms with Gasteiger partial charge in [-0.2, -0.15) is 0 Å². The molecule has 1 aromatic carbocycles. The van der Waals surface area contributed by atoms with Gasteiger partial charge in [-0.1, -0.05) is 6.07 Å². The lowest BCUT2D eigenvalue weighted by Crippen LogP contribution is -2.31. The number of hydrogen-bond donors (Lipinski definition) is 2. The van der Waals surface area contributed by atoms with Gasteiger partial charge in [-0.25, -0.2) is 9.78 Å². The zero-order valence-electron chi connectivity index (χ0n) is 14.6. The molecule has 0 aliphatic carbocycles. The van der Waals surface area contributed by atoms with E-state index in [1.807, 2.05) is 48.0 Å². The predicted molar refractivity (Wildman–Crippen MR) is 100 cm³/mol. The number of imidazole rings is 1. The number of pyridine rings is 1. The second-order valence-electron chi connectivity index (χ2n) is 5.50. The molecule has 2 N–H and O–H groups in total. The minimum Gasteiger partial charge on any atom is -0.494 e. The van der Waals surface area contributed by atoms with Gasteiger partial charge in [-0.05, 0) is 43.3 Å². The molecule has 0 saturated heterocycles. The number of rotatable bonds is 7. The number of hydrogen-bond acceptors (Lipinski definition) is 4. The Bertz CT molecular complexity index is 831. The molecular formula is C19H21N5O2. The first-order valence-electron chi connectivity index (χ1n) is 8.46. The van der Waals surface area contributed by atoms with Gasteiger partial charge < -0.3 is 19.9 Å². The molecule has 26 heavy (non-hydrogen) atoms. The van der Waals surface area contributed by atoms with E-state index < -0.39 is 0 Å². The fraction of sp³-hybridized carbons (Fsp3) is 0.211. The van der Waals surface area contributed by atoms with Gasteiger partial charge in [0.15, 0.2) is 5.82 Å². The van der Waals surface area contributed by atoms with Crippen LogP contribution < -0.4 is 15.4 Å². The van der Waals surface area contributed by atoms with E-state index in [0.717, 1.165) is 17.3 Å². The van der Waals surface area contributed by atoms with Crippen molar-refractivity contribution in [2.45, 2.75) is 13.5 Å². The average molecular weight is 351 g/mol. The van der Waals surface area contributed by atoms with Crippen LogP contribution in [0.4, 0.5) is 10.5 Å². The highest BCUT2D eigenvalue weighted by Crippen LogP contribution is 2.15. The smallest absolute Gasteiger partial charge is 0.319 e. The molecule has 0 aliphatic heterocycles. The van der Waals surface area contributed by atoms with Crippen molar-refractivity contribution in [3.8, 4) is 17.3 Å². The van der Waals surface area contributed by atoms with Crippen LogP contribution in [-0.4, -0.2) is 33.7 Å². The van der Waals surface area contributed by atoms with Gasteiger partial charge in [0.25, 0.3) is 0 Å². The Morgan fingerprint density at radius 3 is 2.69 bits per heavy atom. The maximum atomic E-state index is 12.0. The molecule has 2 heterocycles. The van der Waals surface area contributed by atoms with Crippen LogP contribution in [0, 0.1) is 0 Å². The fourth-order valence-electron chi connectivity index (χ4n) is 2.48. The quantitative estimate of drug-likeness (QED) is 0.685. The van der Waals surface area contributed by atoms with Gasteiger partial charge in [0.05, 0.1) is 6.61 Å². The zero-order valence-corrected chi connectivity index (χ0v) is 14.6. The first-order chi connectivity index (χ1) is 12.8. The molecular weight excluding hydrogens is 330 g/mol. The molecule has 3 rings (SSSR count). The van der Waals surface area contributed by atoms with Gasteiger partial charge in [-0.15, -0.1) is 0 Å². The van der Waals surface area contributed by atoms with Crippen molar-refractivity contribution >= 4 is 11.7 Å². The van der Waals surface area contributed by atoms with Crippen LogP contribution >= 0.6 is 0 Å². The molecule has 7 nitrogen and oxygen atoms in total. The van der Waals surface area contributed by atoms with Crippen molar-refractivity contribution in [2.75, 3.05) is 18.5 Å². The van der Waals surface area contributed by atoms with Gasteiger partial charge in [0.2, 0.25) is 0 Å². The first kappa shape index (κ1) is 17.5. The first-order valence-corrected chi connectivity index (χ1v) is 8.46. The van der Waals surface area contributed by atoms with Crippen LogP contribution in [0.5, 0.6) is 5.75 Å². The Hall–Kier alpha value is -3.35. The lowest BCUT2D eigenvalue weighted by molar-refractivity contribution is 0.251. The summed E-state index contributed by atoms with van der Waals surface area (Å²) in [5.41, 5.74) is 1.51. The van der Waals surface area contributed by atoms with Crippen LogP contribution in [0.1, 0.15) is 6.92 Å². The molecule has 0 fully saturated rings. The highest BCUT2D eigenvalue weighted by atomic mass is 16.5. The minimum atomic E-state index is -0.256. The summed E-state index contributed by atoms with van der Waals surface area (Å²) in [5, 5.41) is 5.63. The highest BCUT2D eigenvalue weighted by Gasteiger charge is 2.07. The number of carbonyl (C=O) groups excluding carboxylic acids is 1. The van der Waals surface area contributed by atoms with Crippen molar-refractivity contribution < 1.29 is 9.53 Å². The number of aromatic nitrogens is 3. The number of carbonyl (C=O) groups is 1. The molecule has 0 unspecified atom stereocenters. The summed E-state index contributed by atoms with van der Waals surface area (Å²) in [4.78, 5) is 20.7. The molecule has 134 valence electrons. The molecule has 0 aliphatic rings. The van der Waals surface area contributed by atoms with Gasteiger partial charge in [0.1, 0.15) is 11.4 Å². The molecule has 0 atom stereocenters. The van der Waals surface area contributed by atoms with E-state index in [1.165, 1.54) is 0 Å². The lowest BCUT2D eigenvalue weighted by atomic mass is 10.3. The van der Waals surface area contributed by atoms with E-state index in [1.54, 1.807) is 24.5 Å². The number of nitrogens with one attached hydrogen (secondary N) is 2. The van der Waals surface area contributed by atoms with Gasteiger partial charge in [-0.3, -0.25) is 4.98 Å². The van der Waals surface area contributed by atoms with Crippen LogP contribution in [0.15, 0.2) is 61.1 Å². The van der Waals surface area contributed by atoms with Crippen LogP contribution in [-0.2, 0) is 6.54 Å². The van der Waals surface area contributed by atoms with Crippen molar-refractivity contribution in [3.63, 3.8) is 0 Å². The van der Waals surface area contributed by atoms with E-state index in [2.05, 4.69) is 20.6 Å². The number of ether oxygens (including phenoxy) is 1. The van der Waals surface area contributed by atoms with E-state index in [4.69, 9.17) is 4.74 Å².